The van der Waals surface area contributed by atoms with Crippen molar-refractivity contribution in [3.63, 3.8) is 0 Å². The molecule has 0 unspecified atom stereocenters. The molecule has 2 aliphatic heterocycles. The van der Waals surface area contributed by atoms with E-state index in [1.54, 1.807) is 4.31 Å². The largest absolute Gasteiger partial charge is 0.314 e. The van der Waals surface area contributed by atoms with Crippen molar-refractivity contribution in [1.29, 1.82) is 0 Å². The Kier molecular flexibility index (Phi) is 4.41. The van der Waals surface area contributed by atoms with Gasteiger partial charge in [0.1, 0.15) is 0 Å². The van der Waals surface area contributed by atoms with Gasteiger partial charge in [-0.25, -0.2) is 12.7 Å². The zero-order valence-electron chi connectivity index (χ0n) is 10.6. The summed E-state index contributed by atoms with van der Waals surface area (Å²) in [6.07, 6.45) is 1.66. The van der Waals surface area contributed by atoms with Gasteiger partial charge < -0.3 is 5.32 Å². The Balaban J connectivity index is 1.90. The molecule has 0 radical (unpaired) electrons. The lowest BCUT2D eigenvalue weighted by atomic mass is 10.1. The average Bonchev–Trinajstić information content (AvgIpc) is 2.41. The van der Waals surface area contributed by atoms with Gasteiger partial charge in [0.25, 0.3) is 0 Å². The van der Waals surface area contributed by atoms with Gasteiger partial charge in [0, 0.05) is 38.8 Å². The normalized spacial score (nSPS) is 25.5. The van der Waals surface area contributed by atoms with Gasteiger partial charge in [-0.1, -0.05) is 6.92 Å². The van der Waals surface area contributed by atoms with Crippen molar-refractivity contribution in [1.82, 2.24) is 14.5 Å². The first-order chi connectivity index (χ1) is 8.13. The minimum atomic E-state index is -3.00. The van der Waals surface area contributed by atoms with Crippen LogP contribution in [0, 0.1) is 0 Å². The third-order valence-electron chi connectivity index (χ3n) is 3.62. The molecule has 2 fully saturated rings. The zero-order chi connectivity index (χ0) is 12.3. The first kappa shape index (κ1) is 13.3. The van der Waals surface area contributed by atoms with Crippen LogP contribution in [0.25, 0.3) is 0 Å². The summed E-state index contributed by atoms with van der Waals surface area (Å²) in [5.41, 5.74) is 0. The average molecular weight is 261 g/mol. The SMILES string of the molecule is CCCS(=O)(=O)N1CCCN(C2CNC2)CC1. The minimum absolute atomic E-state index is 0.290. The molecule has 2 saturated heterocycles. The molecule has 100 valence electrons. The maximum atomic E-state index is 12.0. The molecule has 0 aromatic rings. The molecule has 0 spiro atoms. The lowest BCUT2D eigenvalue weighted by molar-refractivity contribution is 0.153. The maximum Gasteiger partial charge on any atom is 0.214 e. The van der Waals surface area contributed by atoms with Gasteiger partial charge in [0.2, 0.25) is 10.0 Å². The number of rotatable bonds is 4. The van der Waals surface area contributed by atoms with Crippen molar-refractivity contribution in [3.8, 4) is 0 Å². The van der Waals surface area contributed by atoms with E-state index in [-0.39, 0.29) is 5.75 Å². The first-order valence-corrected chi connectivity index (χ1v) is 8.17. The summed E-state index contributed by atoms with van der Waals surface area (Å²) in [6, 6.07) is 0.629. The van der Waals surface area contributed by atoms with E-state index in [1.165, 1.54) is 0 Å². The second kappa shape index (κ2) is 5.65. The van der Waals surface area contributed by atoms with Gasteiger partial charge in [0.15, 0.2) is 0 Å². The molecule has 2 rings (SSSR count). The smallest absolute Gasteiger partial charge is 0.214 e. The molecule has 1 N–H and O–H groups in total. The third-order valence-corrected chi connectivity index (χ3v) is 5.70. The Labute approximate surface area is 104 Å². The Morgan fingerprint density at radius 2 is 1.94 bits per heavy atom. The van der Waals surface area contributed by atoms with E-state index in [4.69, 9.17) is 0 Å². The molecule has 17 heavy (non-hydrogen) atoms. The summed E-state index contributed by atoms with van der Waals surface area (Å²) in [4.78, 5) is 2.43. The number of hydrogen-bond donors (Lipinski definition) is 1. The molecule has 2 heterocycles. The summed E-state index contributed by atoms with van der Waals surface area (Å²) in [7, 11) is -3.00. The molecule has 0 saturated carbocycles. The van der Waals surface area contributed by atoms with E-state index in [0.717, 1.165) is 32.6 Å². The van der Waals surface area contributed by atoms with Gasteiger partial charge >= 0.3 is 0 Å². The Bertz CT molecular complexity index is 341. The lowest BCUT2D eigenvalue weighted by Gasteiger charge is -2.37. The van der Waals surface area contributed by atoms with Crippen LogP contribution in [0.2, 0.25) is 0 Å². The fraction of sp³-hybridized carbons (Fsp3) is 1.00. The van der Waals surface area contributed by atoms with Gasteiger partial charge in [0.05, 0.1) is 5.75 Å². The van der Waals surface area contributed by atoms with Crippen LogP contribution in [-0.2, 0) is 10.0 Å². The standard InChI is InChI=1S/C11H23N3O2S/c1-2-8-17(15,16)14-5-3-4-13(6-7-14)11-9-12-10-11/h11-12H,2-10H2,1H3. The van der Waals surface area contributed by atoms with Crippen LogP contribution in [0.4, 0.5) is 0 Å². The Hall–Kier alpha value is -0.170. The fourth-order valence-electron chi connectivity index (χ4n) is 2.48. The highest BCUT2D eigenvalue weighted by Gasteiger charge is 2.29. The summed E-state index contributed by atoms with van der Waals surface area (Å²) in [5, 5.41) is 3.27. The second-order valence-corrected chi connectivity index (χ2v) is 7.01. The maximum absolute atomic E-state index is 12.0. The van der Waals surface area contributed by atoms with E-state index in [0.29, 0.717) is 25.6 Å². The van der Waals surface area contributed by atoms with Gasteiger partial charge in [-0.3, -0.25) is 4.90 Å². The quantitative estimate of drug-likeness (QED) is 0.755. The van der Waals surface area contributed by atoms with Crippen LogP contribution < -0.4 is 5.32 Å². The number of nitrogens with one attached hydrogen (secondary N) is 1. The number of nitrogens with zero attached hydrogens (tertiary/aromatic N) is 2. The van der Waals surface area contributed by atoms with Crippen LogP contribution in [-0.4, -0.2) is 68.7 Å². The molecular formula is C11H23N3O2S. The number of sulfonamides is 1. The molecule has 5 nitrogen and oxygen atoms in total. The monoisotopic (exact) mass is 261 g/mol. The van der Waals surface area contributed by atoms with Crippen molar-refractivity contribution in [3.05, 3.63) is 0 Å². The van der Waals surface area contributed by atoms with Crippen LogP contribution >= 0.6 is 0 Å². The predicted octanol–water partition coefficient (Wildman–Crippen LogP) is -0.294. The highest BCUT2D eigenvalue weighted by Crippen LogP contribution is 2.13. The van der Waals surface area contributed by atoms with Crippen molar-refractivity contribution in [2.24, 2.45) is 0 Å². The van der Waals surface area contributed by atoms with E-state index in [9.17, 15) is 8.42 Å². The van der Waals surface area contributed by atoms with Gasteiger partial charge in [-0.15, -0.1) is 0 Å². The third kappa shape index (κ3) is 3.19. The van der Waals surface area contributed by atoms with Crippen LogP contribution in [0.1, 0.15) is 19.8 Å². The molecule has 0 atom stereocenters. The summed E-state index contributed by atoms with van der Waals surface area (Å²) >= 11 is 0. The lowest BCUT2D eigenvalue weighted by Crippen LogP contribution is -2.57. The molecule has 6 heteroatoms. The first-order valence-electron chi connectivity index (χ1n) is 6.56. The topological polar surface area (TPSA) is 52.7 Å². The van der Waals surface area contributed by atoms with Crippen molar-refractivity contribution >= 4 is 10.0 Å². The molecular weight excluding hydrogens is 238 g/mol. The highest BCUT2D eigenvalue weighted by molar-refractivity contribution is 7.89. The molecule has 0 aromatic carbocycles. The fourth-order valence-corrected chi connectivity index (χ4v) is 4.02. The highest BCUT2D eigenvalue weighted by atomic mass is 32.2. The molecule has 0 aromatic heterocycles. The van der Waals surface area contributed by atoms with Crippen molar-refractivity contribution in [2.75, 3.05) is 45.0 Å². The Morgan fingerprint density at radius 1 is 1.18 bits per heavy atom. The Morgan fingerprint density at radius 3 is 2.53 bits per heavy atom. The molecule has 0 aliphatic carbocycles. The summed E-state index contributed by atoms with van der Waals surface area (Å²) in [5.74, 6) is 0.290. The summed E-state index contributed by atoms with van der Waals surface area (Å²) in [6.45, 7) is 7.31. The molecule has 0 amide bonds. The van der Waals surface area contributed by atoms with Crippen LogP contribution in [0.5, 0.6) is 0 Å². The van der Waals surface area contributed by atoms with E-state index < -0.39 is 10.0 Å². The number of hydrogen-bond acceptors (Lipinski definition) is 4. The molecule has 0 bridgehead atoms. The predicted molar refractivity (Wildman–Crippen MR) is 68.5 cm³/mol. The second-order valence-electron chi connectivity index (χ2n) is 4.92. The van der Waals surface area contributed by atoms with Crippen LogP contribution in [0.3, 0.4) is 0 Å². The minimum Gasteiger partial charge on any atom is -0.314 e. The summed E-state index contributed by atoms with van der Waals surface area (Å²) < 4.78 is 25.7. The van der Waals surface area contributed by atoms with Gasteiger partial charge in [-0.2, -0.15) is 0 Å². The van der Waals surface area contributed by atoms with Gasteiger partial charge in [-0.05, 0) is 19.4 Å². The van der Waals surface area contributed by atoms with E-state index in [2.05, 4.69) is 10.2 Å². The van der Waals surface area contributed by atoms with Crippen molar-refractivity contribution in [2.45, 2.75) is 25.8 Å². The van der Waals surface area contributed by atoms with E-state index in [1.807, 2.05) is 6.92 Å². The van der Waals surface area contributed by atoms with Crippen molar-refractivity contribution < 1.29 is 8.42 Å². The molecule has 2 aliphatic rings. The van der Waals surface area contributed by atoms with E-state index >= 15 is 0 Å². The zero-order valence-corrected chi connectivity index (χ0v) is 11.4. The van der Waals surface area contributed by atoms with Crippen LogP contribution in [0.15, 0.2) is 0 Å².